The van der Waals surface area contributed by atoms with E-state index in [1.165, 1.54) is 0 Å². The third-order valence-corrected chi connectivity index (χ3v) is 3.96. The van der Waals surface area contributed by atoms with Gasteiger partial charge in [-0.1, -0.05) is 19.4 Å². The maximum Gasteiger partial charge on any atom is 0.324 e. The minimum Gasteiger partial charge on any atom is -0.258 e. The van der Waals surface area contributed by atoms with Crippen LogP contribution in [0, 0.1) is 27.3 Å². The van der Waals surface area contributed by atoms with Crippen LogP contribution in [0.25, 0.3) is 0 Å². The first-order chi connectivity index (χ1) is 9.33. The number of para-hydroxylation sites is 1. The predicted molar refractivity (Wildman–Crippen MR) is 67.7 cm³/mol. The molecule has 0 radical (unpaired) electrons. The van der Waals surface area contributed by atoms with E-state index >= 15 is 0 Å². The van der Waals surface area contributed by atoms with Gasteiger partial charge in [-0.25, -0.2) is 8.42 Å². The van der Waals surface area contributed by atoms with Crippen molar-refractivity contribution in [2.24, 2.45) is 0 Å². The van der Waals surface area contributed by atoms with Crippen LogP contribution in [0.4, 0.5) is 10.1 Å². The lowest BCUT2D eigenvalue weighted by atomic mass is 10.2. The molecule has 0 amide bonds. The van der Waals surface area contributed by atoms with E-state index in [4.69, 9.17) is 5.26 Å². The molecule has 20 heavy (non-hydrogen) atoms. The first kappa shape index (κ1) is 16.0. The van der Waals surface area contributed by atoms with Crippen molar-refractivity contribution in [3.8, 4) is 6.07 Å². The molecule has 1 aromatic carbocycles. The van der Waals surface area contributed by atoms with Crippen LogP contribution in [-0.2, 0) is 10.0 Å². The van der Waals surface area contributed by atoms with Gasteiger partial charge >= 0.3 is 5.69 Å². The minimum atomic E-state index is -4.35. The van der Waals surface area contributed by atoms with Crippen molar-refractivity contribution in [1.82, 2.24) is 4.72 Å². The van der Waals surface area contributed by atoms with Crippen molar-refractivity contribution in [3.05, 3.63) is 34.1 Å². The van der Waals surface area contributed by atoms with Crippen LogP contribution in [0.5, 0.6) is 0 Å². The molecule has 1 atom stereocenters. The van der Waals surface area contributed by atoms with Crippen LogP contribution in [0.15, 0.2) is 23.1 Å². The van der Waals surface area contributed by atoms with Crippen LogP contribution < -0.4 is 4.72 Å². The van der Waals surface area contributed by atoms with Gasteiger partial charge in [-0.2, -0.15) is 14.4 Å². The van der Waals surface area contributed by atoms with Crippen molar-refractivity contribution in [3.63, 3.8) is 0 Å². The number of hydrogen-bond acceptors (Lipinski definition) is 5. The fourth-order valence-electron chi connectivity index (χ4n) is 1.58. The topological polar surface area (TPSA) is 113 Å². The van der Waals surface area contributed by atoms with E-state index in [9.17, 15) is 22.9 Å². The molecule has 0 saturated heterocycles. The summed E-state index contributed by atoms with van der Waals surface area (Å²) in [4.78, 5) is 8.88. The molecule has 1 aromatic rings. The molecule has 0 saturated carbocycles. The number of hydrogen-bond donors (Lipinski definition) is 1. The maximum atomic E-state index is 13.4. The van der Waals surface area contributed by atoms with Crippen LogP contribution in [0.3, 0.4) is 0 Å². The van der Waals surface area contributed by atoms with Gasteiger partial charge in [-0.3, -0.25) is 10.1 Å². The smallest absolute Gasteiger partial charge is 0.258 e. The highest BCUT2D eigenvalue weighted by Gasteiger charge is 2.30. The Morgan fingerprint density at radius 2 is 2.20 bits per heavy atom. The molecular weight excluding hydrogens is 289 g/mol. The summed E-state index contributed by atoms with van der Waals surface area (Å²) in [6.45, 7) is 1.75. The van der Waals surface area contributed by atoms with E-state index < -0.39 is 37.4 Å². The zero-order chi connectivity index (χ0) is 15.3. The fourth-order valence-corrected chi connectivity index (χ4v) is 2.94. The number of nitrogens with one attached hydrogen (secondary N) is 1. The Bertz CT molecular complexity index is 654. The van der Waals surface area contributed by atoms with Gasteiger partial charge in [0.2, 0.25) is 15.8 Å². The summed E-state index contributed by atoms with van der Waals surface area (Å²) in [5.74, 6) is -1.25. The molecule has 0 aliphatic heterocycles. The summed E-state index contributed by atoms with van der Waals surface area (Å²) in [5, 5.41) is 19.6. The van der Waals surface area contributed by atoms with Gasteiger partial charge in [0.1, 0.15) is 6.04 Å². The van der Waals surface area contributed by atoms with Gasteiger partial charge in [-0.15, -0.1) is 0 Å². The lowest BCUT2D eigenvalue weighted by Crippen LogP contribution is -2.34. The lowest BCUT2D eigenvalue weighted by molar-refractivity contribution is -0.390. The monoisotopic (exact) mass is 301 g/mol. The van der Waals surface area contributed by atoms with Gasteiger partial charge in [-0.05, 0) is 18.6 Å². The highest BCUT2D eigenvalue weighted by Crippen LogP contribution is 2.26. The molecule has 0 heterocycles. The number of benzene rings is 1. The second-order valence-electron chi connectivity index (χ2n) is 3.94. The zero-order valence-corrected chi connectivity index (χ0v) is 11.4. The maximum absolute atomic E-state index is 13.4. The highest BCUT2D eigenvalue weighted by molar-refractivity contribution is 7.89. The van der Waals surface area contributed by atoms with Crippen molar-refractivity contribution < 1.29 is 17.7 Å². The number of sulfonamides is 1. The molecule has 0 bridgehead atoms. The summed E-state index contributed by atoms with van der Waals surface area (Å²) in [7, 11) is -4.35. The van der Waals surface area contributed by atoms with Crippen molar-refractivity contribution in [1.29, 1.82) is 5.26 Å². The Labute approximate surface area is 115 Å². The van der Waals surface area contributed by atoms with E-state index in [1.54, 1.807) is 13.0 Å². The first-order valence-corrected chi connectivity index (χ1v) is 7.16. The Morgan fingerprint density at radius 3 is 2.70 bits per heavy atom. The fraction of sp³-hybridized carbons (Fsp3) is 0.364. The van der Waals surface area contributed by atoms with Gasteiger partial charge in [0.25, 0.3) is 0 Å². The molecule has 7 nitrogen and oxygen atoms in total. The number of nitro groups is 1. The number of nitriles is 1. The standard InChI is InChI=1S/C11H12FN3O4S/c1-2-4-8(7-13)14-20(18,19)10-6-3-5-9(12)11(10)15(16)17/h3,5-6,8,14H,2,4H2,1H3. The van der Waals surface area contributed by atoms with Crippen molar-refractivity contribution in [2.75, 3.05) is 0 Å². The summed E-state index contributed by atoms with van der Waals surface area (Å²) in [6.07, 6.45) is 0.796. The van der Waals surface area contributed by atoms with Crippen LogP contribution in [0.1, 0.15) is 19.8 Å². The molecule has 0 aliphatic rings. The quantitative estimate of drug-likeness (QED) is 0.634. The lowest BCUT2D eigenvalue weighted by Gasteiger charge is -2.11. The number of halogens is 1. The SMILES string of the molecule is CCCC(C#N)NS(=O)(=O)c1cccc(F)c1[N+](=O)[O-]. The van der Waals surface area contributed by atoms with E-state index in [-0.39, 0.29) is 6.42 Å². The van der Waals surface area contributed by atoms with Gasteiger partial charge < -0.3 is 0 Å². The number of rotatable bonds is 6. The molecule has 1 rings (SSSR count). The number of nitrogens with zero attached hydrogens (tertiary/aromatic N) is 2. The van der Waals surface area contributed by atoms with Gasteiger partial charge in [0.15, 0.2) is 4.90 Å². The van der Waals surface area contributed by atoms with Gasteiger partial charge in [0.05, 0.1) is 11.0 Å². The molecule has 9 heteroatoms. The molecule has 0 fully saturated rings. The second-order valence-corrected chi connectivity index (χ2v) is 5.62. The normalized spacial score (nSPS) is 12.7. The first-order valence-electron chi connectivity index (χ1n) is 5.68. The van der Waals surface area contributed by atoms with E-state index in [0.29, 0.717) is 6.42 Å². The molecule has 0 aromatic heterocycles. The molecule has 0 spiro atoms. The third kappa shape index (κ3) is 3.49. The van der Waals surface area contributed by atoms with Gasteiger partial charge in [0, 0.05) is 0 Å². The molecule has 1 N–H and O–H groups in total. The molecule has 1 unspecified atom stereocenters. The van der Waals surface area contributed by atoms with Crippen LogP contribution in [0.2, 0.25) is 0 Å². The largest absolute Gasteiger partial charge is 0.324 e. The Kier molecular flexibility index (Phi) is 5.12. The van der Waals surface area contributed by atoms with Crippen molar-refractivity contribution in [2.45, 2.75) is 30.7 Å². The average molecular weight is 301 g/mol. The van der Waals surface area contributed by atoms with E-state index in [1.807, 2.05) is 4.72 Å². The zero-order valence-electron chi connectivity index (χ0n) is 10.5. The third-order valence-electron chi connectivity index (χ3n) is 2.45. The summed E-state index contributed by atoms with van der Waals surface area (Å²) in [6, 6.07) is 3.49. The van der Waals surface area contributed by atoms with Crippen LogP contribution >= 0.6 is 0 Å². The Morgan fingerprint density at radius 1 is 1.55 bits per heavy atom. The van der Waals surface area contributed by atoms with Crippen molar-refractivity contribution >= 4 is 15.7 Å². The minimum absolute atomic E-state index is 0.249. The Hall–Kier alpha value is -2.05. The summed E-state index contributed by atoms with van der Waals surface area (Å²) in [5.41, 5.74) is -1.13. The number of nitro benzene ring substituents is 1. The van der Waals surface area contributed by atoms with E-state index in [2.05, 4.69) is 0 Å². The molecular formula is C11H12FN3O4S. The Balaban J connectivity index is 3.27. The summed E-state index contributed by atoms with van der Waals surface area (Å²) >= 11 is 0. The molecule has 108 valence electrons. The highest BCUT2D eigenvalue weighted by atomic mass is 32.2. The molecule has 0 aliphatic carbocycles. The second kappa shape index (κ2) is 6.40. The average Bonchev–Trinajstić information content (AvgIpc) is 2.37. The predicted octanol–water partition coefficient (Wildman–Crippen LogP) is 1.70. The summed E-state index contributed by atoms with van der Waals surface area (Å²) < 4.78 is 39.5. The van der Waals surface area contributed by atoms with Crippen LogP contribution in [-0.4, -0.2) is 19.4 Å². The van der Waals surface area contributed by atoms with E-state index in [0.717, 1.165) is 18.2 Å².